The highest BCUT2D eigenvalue weighted by molar-refractivity contribution is 6.36. The second-order valence-electron chi connectivity index (χ2n) is 3.53. The molecule has 1 atom stereocenters. The standard InChI is InChI=1S/C11H26NO3Si/c1-6-12(7-2)10-11(5)15-16(13-8-3)14-9-4/h11H,6-10H2,1-5H3. The van der Waals surface area contributed by atoms with Gasteiger partial charge in [-0.3, -0.25) is 0 Å². The maximum atomic E-state index is 5.78. The SMILES string of the molecule is CCO[Si](OCC)OC(C)CN(CC)CC. The molecule has 0 bridgehead atoms. The molecule has 0 saturated carbocycles. The first-order chi connectivity index (χ1) is 7.67. The van der Waals surface area contributed by atoms with Crippen molar-refractivity contribution in [1.82, 2.24) is 4.90 Å². The van der Waals surface area contributed by atoms with Crippen LogP contribution in [-0.4, -0.2) is 53.4 Å². The van der Waals surface area contributed by atoms with Gasteiger partial charge in [0.05, 0.1) is 6.10 Å². The summed E-state index contributed by atoms with van der Waals surface area (Å²) in [4.78, 5) is 2.34. The van der Waals surface area contributed by atoms with Crippen molar-refractivity contribution in [3.8, 4) is 0 Å². The third-order valence-corrected chi connectivity index (χ3v) is 3.88. The van der Waals surface area contributed by atoms with Crippen LogP contribution < -0.4 is 0 Å². The van der Waals surface area contributed by atoms with E-state index in [2.05, 4.69) is 25.7 Å². The minimum absolute atomic E-state index is 0.159. The lowest BCUT2D eigenvalue weighted by Crippen LogP contribution is -2.38. The molecule has 0 amide bonds. The van der Waals surface area contributed by atoms with Crippen molar-refractivity contribution in [2.24, 2.45) is 0 Å². The summed E-state index contributed by atoms with van der Waals surface area (Å²) in [5.74, 6) is 0. The Morgan fingerprint density at radius 2 is 1.50 bits per heavy atom. The van der Waals surface area contributed by atoms with Gasteiger partial charge >= 0.3 is 9.53 Å². The van der Waals surface area contributed by atoms with Crippen LogP contribution in [-0.2, 0) is 13.3 Å². The Labute approximate surface area is 102 Å². The Balaban J connectivity index is 3.91. The average molecular weight is 248 g/mol. The molecule has 16 heavy (non-hydrogen) atoms. The molecule has 4 nitrogen and oxygen atoms in total. The largest absolute Gasteiger partial charge is 0.578 e. The van der Waals surface area contributed by atoms with Gasteiger partial charge < -0.3 is 18.2 Å². The minimum atomic E-state index is -1.53. The fraction of sp³-hybridized carbons (Fsp3) is 1.00. The molecule has 0 heterocycles. The van der Waals surface area contributed by atoms with Crippen LogP contribution in [0, 0.1) is 0 Å². The molecular weight excluding hydrogens is 222 g/mol. The quantitative estimate of drug-likeness (QED) is 0.552. The summed E-state index contributed by atoms with van der Waals surface area (Å²) in [7, 11) is -1.53. The van der Waals surface area contributed by atoms with Gasteiger partial charge in [-0.05, 0) is 33.9 Å². The average Bonchev–Trinajstić information content (AvgIpc) is 2.26. The van der Waals surface area contributed by atoms with Gasteiger partial charge in [0.1, 0.15) is 0 Å². The molecule has 0 aromatic rings. The van der Waals surface area contributed by atoms with E-state index in [9.17, 15) is 0 Å². The summed E-state index contributed by atoms with van der Waals surface area (Å²) in [5, 5.41) is 0. The van der Waals surface area contributed by atoms with Gasteiger partial charge in [-0.2, -0.15) is 0 Å². The molecule has 0 saturated heterocycles. The molecule has 0 aliphatic heterocycles. The molecule has 0 aliphatic carbocycles. The van der Waals surface area contributed by atoms with Crippen LogP contribution in [0.15, 0.2) is 0 Å². The van der Waals surface area contributed by atoms with E-state index in [4.69, 9.17) is 13.3 Å². The molecule has 1 radical (unpaired) electrons. The van der Waals surface area contributed by atoms with E-state index in [1.54, 1.807) is 0 Å². The van der Waals surface area contributed by atoms with Gasteiger partial charge in [0.15, 0.2) is 0 Å². The zero-order valence-corrected chi connectivity index (χ0v) is 12.3. The van der Waals surface area contributed by atoms with Gasteiger partial charge in [-0.15, -0.1) is 0 Å². The molecule has 0 N–H and O–H groups in total. The van der Waals surface area contributed by atoms with E-state index in [1.165, 1.54) is 0 Å². The van der Waals surface area contributed by atoms with Crippen LogP contribution in [0.4, 0.5) is 0 Å². The Morgan fingerprint density at radius 1 is 1.00 bits per heavy atom. The lowest BCUT2D eigenvalue weighted by Gasteiger charge is -2.24. The van der Waals surface area contributed by atoms with Gasteiger partial charge in [0, 0.05) is 19.8 Å². The molecule has 5 heteroatoms. The third-order valence-electron chi connectivity index (χ3n) is 2.23. The molecule has 0 spiro atoms. The van der Waals surface area contributed by atoms with Crippen molar-refractivity contribution in [2.45, 2.75) is 40.7 Å². The molecule has 0 aliphatic rings. The summed E-state index contributed by atoms with van der Waals surface area (Å²) < 4.78 is 16.7. The lowest BCUT2D eigenvalue weighted by atomic mass is 10.3. The lowest BCUT2D eigenvalue weighted by molar-refractivity contribution is 0.0538. The molecule has 97 valence electrons. The minimum Gasteiger partial charge on any atom is -0.371 e. The summed E-state index contributed by atoms with van der Waals surface area (Å²) in [6, 6.07) is 0. The van der Waals surface area contributed by atoms with E-state index >= 15 is 0 Å². The van der Waals surface area contributed by atoms with Crippen molar-refractivity contribution >= 4 is 9.53 Å². The molecule has 0 fully saturated rings. The highest BCUT2D eigenvalue weighted by atomic mass is 28.3. The highest BCUT2D eigenvalue weighted by Crippen LogP contribution is 2.01. The number of nitrogens with zero attached hydrogens (tertiary/aromatic N) is 1. The van der Waals surface area contributed by atoms with Crippen LogP contribution in [0.1, 0.15) is 34.6 Å². The van der Waals surface area contributed by atoms with Crippen molar-refractivity contribution in [3.63, 3.8) is 0 Å². The Hall–Kier alpha value is 0.0569. The zero-order chi connectivity index (χ0) is 12.4. The smallest absolute Gasteiger partial charge is 0.371 e. The number of rotatable bonds is 10. The highest BCUT2D eigenvalue weighted by Gasteiger charge is 2.21. The van der Waals surface area contributed by atoms with Gasteiger partial charge in [0.2, 0.25) is 0 Å². The van der Waals surface area contributed by atoms with E-state index < -0.39 is 9.53 Å². The monoisotopic (exact) mass is 248 g/mol. The summed E-state index contributed by atoms with van der Waals surface area (Å²) in [6.07, 6.45) is 0.159. The predicted octanol–water partition coefficient (Wildman–Crippen LogP) is 1.79. The van der Waals surface area contributed by atoms with Gasteiger partial charge in [-0.25, -0.2) is 0 Å². The van der Waals surface area contributed by atoms with Crippen molar-refractivity contribution in [1.29, 1.82) is 0 Å². The van der Waals surface area contributed by atoms with E-state index in [0.29, 0.717) is 13.2 Å². The van der Waals surface area contributed by atoms with Gasteiger partial charge in [-0.1, -0.05) is 13.8 Å². The van der Waals surface area contributed by atoms with Crippen molar-refractivity contribution in [2.75, 3.05) is 32.8 Å². The molecule has 0 rings (SSSR count). The summed E-state index contributed by atoms with van der Waals surface area (Å²) in [5.41, 5.74) is 0. The van der Waals surface area contributed by atoms with Crippen LogP contribution in [0.25, 0.3) is 0 Å². The van der Waals surface area contributed by atoms with E-state index in [0.717, 1.165) is 19.6 Å². The molecule has 1 unspecified atom stereocenters. The first kappa shape index (κ1) is 16.1. The first-order valence-corrected chi connectivity index (χ1v) is 7.41. The number of hydrogen-bond acceptors (Lipinski definition) is 4. The predicted molar refractivity (Wildman–Crippen MR) is 67.3 cm³/mol. The van der Waals surface area contributed by atoms with Crippen LogP contribution in [0.3, 0.4) is 0 Å². The van der Waals surface area contributed by atoms with E-state index in [1.807, 2.05) is 13.8 Å². The number of hydrogen-bond donors (Lipinski definition) is 0. The van der Waals surface area contributed by atoms with Crippen LogP contribution >= 0.6 is 0 Å². The molecular formula is C11H26NO3Si. The van der Waals surface area contributed by atoms with Gasteiger partial charge in [0.25, 0.3) is 0 Å². The zero-order valence-electron chi connectivity index (χ0n) is 11.3. The van der Waals surface area contributed by atoms with E-state index in [-0.39, 0.29) is 6.10 Å². The van der Waals surface area contributed by atoms with Crippen LogP contribution in [0.2, 0.25) is 0 Å². The van der Waals surface area contributed by atoms with Crippen molar-refractivity contribution < 1.29 is 13.3 Å². The molecule has 0 aromatic carbocycles. The van der Waals surface area contributed by atoms with Crippen LogP contribution in [0.5, 0.6) is 0 Å². The maximum absolute atomic E-state index is 5.78. The Morgan fingerprint density at radius 3 is 1.88 bits per heavy atom. The second kappa shape index (κ2) is 10.2. The van der Waals surface area contributed by atoms with Crippen molar-refractivity contribution in [3.05, 3.63) is 0 Å². The third kappa shape index (κ3) is 7.35. The first-order valence-electron chi connectivity index (χ1n) is 6.19. The Bertz CT molecular complexity index is 150. The normalized spacial score (nSPS) is 13.7. The summed E-state index contributed by atoms with van der Waals surface area (Å²) >= 11 is 0. The summed E-state index contributed by atoms with van der Waals surface area (Å²) in [6.45, 7) is 14.6. The Kier molecular flexibility index (Phi) is 10.3. The second-order valence-corrected chi connectivity index (χ2v) is 4.84. The number of likely N-dealkylation sites (N-methyl/N-ethyl adjacent to an activating group) is 1. The fourth-order valence-corrected chi connectivity index (χ4v) is 2.49. The topological polar surface area (TPSA) is 30.9 Å². The fourth-order valence-electron chi connectivity index (χ4n) is 1.39. The maximum Gasteiger partial charge on any atom is 0.578 e. The molecule has 0 aromatic heterocycles.